The Morgan fingerprint density at radius 3 is 2.86 bits per heavy atom. The molecule has 21 heavy (non-hydrogen) atoms. The summed E-state index contributed by atoms with van der Waals surface area (Å²) in [6, 6.07) is 7.63. The minimum absolute atomic E-state index is 0.0315. The molecule has 0 atom stereocenters. The van der Waals surface area contributed by atoms with Crippen molar-refractivity contribution in [3.63, 3.8) is 0 Å². The monoisotopic (exact) mass is 288 g/mol. The molecule has 1 amide bonds. The molecular weight excluding hydrogens is 268 g/mol. The number of carbonyl (C=O) groups excluding carboxylic acids is 1. The Balaban J connectivity index is 2.20. The molecule has 0 saturated heterocycles. The van der Waals surface area contributed by atoms with Crippen LogP contribution in [0.4, 0.5) is 0 Å². The summed E-state index contributed by atoms with van der Waals surface area (Å²) >= 11 is 0. The summed E-state index contributed by atoms with van der Waals surface area (Å²) in [6.07, 6.45) is 1.51. The van der Waals surface area contributed by atoms with E-state index in [9.17, 15) is 9.90 Å². The number of hydrogen-bond acceptors (Lipinski definition) is 4. The van der Waals surface area contributed by atoms with Crippen LogP contribution in [-0.2, 0) is 17.8 Å². The molecule has 0 radical (unpaired) electrons. The highest BCUT2D eigenvalue weighted by Gasteiger charge is 2.07. The first-order valence-corrected chi connectivity index (χ1v) is 6.96. The quantitative estimate of drug-likeness (QED) is 0.795. The lowest BCUT2D eigenvalue weighted by Gasteiger charge is -2.10. The van der Waals surface area contributed by atoms with E-state index in [1.165, 1.54) is 6.92 Å². The van der Waals surface area contributed by atoms with Crippen molar-refractivity contribution in [1.82, 2.24) is 10.3 Å². The van der Waals surface area contributed by atoms with E-state index in [2.05, 4.69) is 10.3 Å². The van der Waals surface area contributed by atoms with Crippen molar-refractivity contribution in [1.29, 1.82) is 0 Å². The molecule has 0 aliphatic heterocycles. The zero-order valence-electron chi connectivity index (χ0n) is 12.3. The minimum Gasteiger partial charge on any atom is -0.497 e. The van der Waals surface area contributed by atoms with Crippen molar-refractivity contribution in [2.24, 2.45) is 0 Å². The fraction of sp³-hybridized carbons (Fsp3) is 0.375. The maximum Gasteiger partial charge on any atom is 0.216 e. The Kier molecular flexibility index (Phi) is 5.11. The lowest BCUT2D eigenvalue weighted by Crippen LogP contribution is -2.21. The predicted molar refractivity (Wildman–Crippen MR) is 81.2 cm³/mol. The third-order valence-electron chi connectivity index (χ3n) is 3.33. The van der Waals surface area contributed by atoms with E-state index in [1.807, 2.05) is 24.3 Å². The first kappa shape index (κ1) is 15.3. The molecule has 1 aromatic heterocycles. The minimum atomic E-state index is -0.0460. The molecular formula is C16H20N2O3. The van der Waals surface area contributed by atoms with Crippen LogP contribution in [0.15, 0.2) is 24.3 Å². The van der Waals surface area contributed by atoms with Crippen molar-refractivity contribution < 1.29 is 14.6 Å². The number of nitrogens with one attached hydrogen (secondary N) is 1. The average molecular weight is 288 g/mol. The van der Waals surface area contributed by atoms with E-state index in [0.717, 1.165) is 40.8 Å². The molecule has 2 N–H and O–H groups in total. The van der Waals surface area contributed by atoms with Gasteiger partial charge in [0.2, 0.25) is 5.91 Å². The van der Waals surface area contributed by atoms with Crippen molar-refractivity contribution in [3.05, 3.63) is 35.5 Å². The second-order valence-corrected chi connectivity index (χ2v) is 4.90. The van der Waals surface area contributed by atoms with Crippen LogP contribution in [-0.4, -0.2) is 29.7 Å². The number of pyridine rings is 1. The summed E-state index contributed by atoms with van der Waals surface area (Å²) in [5, 5.41) is 13.2. The van der Waals surface area contributed by atoms with Gasteiger partial charge in [-0.15, -0.1) is 0 Å². The topological polar surface area (TPSA) is 71.5 Å². The van der Waals surface area contributed by atoms with E-state index in [-0.39, 0.29) is 12.5 Å². The van der Waals surface area contributed by atoms with Crippen LogP contribution < -0.4 is 10.1 Å². The van der Waals surface area contributed by atoms with Crippen LogP contribution >= 0.6 is 0 Å². The van der Waals surface area contributed by atoms with Gasteiger partial charge in [-0.05, 0) is 42.7 Å². The van der Waals surface area contributed by atoms with Crippen molar-refractivity contribution >= 4 is 16.8 Å². The number of aliphatic hydroxyl groups is 1. The van der Waals surface area contributed by atoms with Crippen LogP contribution in [0.3, 0.4) is 0 Å². The summed E-state index contributed by atoms with van der Waals surface area (Å²) in [7, 11) is 1.62. The lowest BCUT2D eigenvalue weighted by molar-refractivity contribution is -0.118. The molecule has 2 rings (SSSR count). The maximum absolute atomic E-state index is 10.8. The van der Waals surface area contributed by atoms with Gasteiger partial charge in [0.15, 0.2) is 0 Å². The number of rotatable bonds is 6. The Morgan fingerprint density at radius 1 is 1.38 bits per heavy atom. The van der Waals surface area contributed by atoms with E-state index in [4.69, 9.17) is 4.74 Å². The summed E-state index contributed by atoms with van der Waals surface area (Å²) in [6.45, 7) is 2.07. The van der Waals surface area contributed by atoms with Crippen LogP contribution in [0, 0.1) is 0 Å². The summed E-state index contributed by atoms with van der Waals surface area (Å²) in [5.74, 6) is 0.738. The second kappa shape index (κ2) is 7.04. The van der Waals surface area contributed by atoms with Gasteiger partial charge in [-0.25, -0.2) is 0 Å². The summed E-state index contributed by atoms with van der Waals surface area (Å²) in [5.41, 5.74) is 2.57. The molecule has 1 heterocycles. The Labute approximate surface area is 124 Å². The van der Waals surface area contributed by atoms with Gasteiger partial charge < -0.3 is 15.2 Å². The van der Waals surface area contributed by atoms with Crippen molar-refractivity contribution in [2.75, 3.05) is 13.7 Å². The molecule has 0 bridgehead atoms. The number of amides is 1. The van der Waals surface area contributed by atoms with Gasteiger partial charge >= 0.3 is 0 Å². The fourth-order valence-electron chi connectivity index (χ4n) is 2.24. The number of nitrogens with zero attached hydrogens (tertiary/aromatic N) is 1. The van der Waals surface area contributed by atoms with Gasteiger partial charge in [0, 0.05) is 24.5 Å². The number of carbonyl (C=O) groups is 1. The normalized spacial score (nSPS) is 10.6. The van der Waals surface area contributed by atoms with E-state index in [1.54, 1.807) is 7.11 Å². The molecule has 1 aromatic carbocycles. The summed E-state index contributed by atoms with van der Waals surface area (Å²) in [4.78, 5) is 15.4. The molecule has 2 aromatic rings. The van der Waals surface area contributed by atoms with Crippen molar-refractivity contribution in [3.8, 4) is 5.75 Å². The zero-order chi connectivity index (χ0) is 15.2. The van der Waals surface area contributed by atoms with Crippen LogP contribution in [0.5, 0.6) is 5.75 Å². The highest BCUT2D eigenvalue weighted by molar-refractivity contribution is 5.81. The molecule has 0 fully saturated rings. The van der Waals surface area contributed by atoms with Gasteiger partial charge in [-0.1, -0.05) is 0 Å². The molecule has 0 spiro atoms. The molecule has 112 valence electrons. The number of hydrogen-bond donors (Lipinski definition) is 2. The van der Waals surface area contributed by atoms with Gasteiger partial charge in [0.05, 0.1) is 19.2 Å². The highest BCUT2D eigenvalue weighted by Crippen LogP contribution is 2.22. The molecule has 0 aliphatic rings. The molecule has 0 unspecified atom stereocenters. The Hall–Kier alpha value is -2.14. The largest absolute Gasteiger partial charge is 0.497 e. The number of ether oxygens (including phenoxy) is 1. The van der Waals surface area contributed by atoms with Gasteiger partial charge in [-0.2, -0.15) is 0 Å². The molecule has 5 heteroatoms. The first-order valence-electron chi connectivity index (χ1n) is 6.96. The predicted octanol–water partition coefficient (Wildman–Crippen LogP) is 1.80. The standard InChI is InChI=1S/C16H20N2O3/c1-11(20)17-7-3-4-15-13(10-19)8-12-9-14(21-2)5-6-16(12)18-15/h5-6,8-9,19H,3-4,7,10H2,1-2H3,(H,17,20). The summed E-state index contributed by atoms with van der Waals surface area (Å²) < 4.78 is 5.20. The highest BCUT2D eigenvalue weighted by atomic mass is 16.5. The average Bonchev–Trinajstić information content (AvgIpc) is 2.49. The third kappa shape index (κ3) is 3.92. The number of fused-ring (bicyclic) bond motifs is 1. The smallest absolute Gasteiger partial charge is 0.216 e. The van der Waals surface area contributed by atoms with E-state index < -0.39 is 0 Å². The van der Waals surface area contributed by atoms with Gasteiger partial charge in [0.1, 0.15) is 5.75 Å². The molecule has 0 saturated carbocycles. The van der Waals surface area contributed by atoms with Crippen LogP contribution in [0.25, 0.3) is 10.9 Å². The first-order chi connectivity index (χ1) is 10.1. The van der Waals surface area contributed by atoms with Gasteiger partial charge in [0.25, 0.3) is 0 Å². The number of benzene rings is 1. The zero-order valence-corrected chi connectivity index (χ0v) is 12.3. The Morgan fingerprint density at radius 2 is 2.19 bits per heavy atom. The number of aromatic nitrogens is 1. The van der Waals surface area contributed by atoms with Crippen molar-refractivity contribution in [2.45, 2.75) is 26.4 Å². The third-order valence-corrected chi connectivity index (χ3v) is 3.33. The number of aryl methyl sites for hydroxylation is 1. The fourth-order valence-corrected chi connectivity index (χ4v) is 2.24. The molecule has 0 aliphatic carbocycles. The van der Waals surface area contributed by atoms with Crippen LogP contribution in [0.1, 0.15) is 24.6 Å². The lowest BCUT2D eigenvalue weighted by atomic mass is 10.1. The second-order valence-electron chi connectivity index (χ2n) is 4.90. The molecule has 5 nitrogen and oxygen atoms in total. The number of aliphatic hydroxyl groups excluding tert-OH is 1. The van der Waals surface area contributed by atoms with E-state index >= 15 is 0 Å². The SMILES string of the molecule is COc1ccc2nc(CCCNC(C)=O)c(CO)cc2c1. The van der Waals surface area contributed by atoms with Crippen LogP contribution in [0.2, 0.25) is 0 Å². The Bertz CT molecular complexity index is 641. The van der Waals surface area contributed by atoms with E-state index in [0.29, 0.717) is 6.54 Å². The number of methoxy groups -OCH3 is 1. The van der Waals surface area contributed by atoms with Gasteiger partial charge in [-0.3, -0.25) is 9.78 Å². The maximum atomic E-state index is 10.8.